The molecule has 0 saturated carbocycles. The van der Waals surface area contributed by atoms with Crippen LogP contribution in [-0.2, 0) is 35.4 Å². The normalized spacial score (nSPS) is 17.1. The maximum Gasteiger partial charge on any atom is 4.00 e. The van der Waals surface area contributed by atoms with Crippen LogP contribution in [0.3, 0.4) is 0 Å². The average Bonchev–Trinajstić information content (AvgIpc) is 2.98. The Morgan fingerprint density at radius 1 is 1.04 bits per heavy atom. The summed E-state index contributed by atoms with van der Waals surface area (Å²) in [6.07, 6.45) is 17.1. The Balaban J connectivity index is 0. The first-order valence-electron chi connectivity index (χ1n) is 7.29. The zero-order valence-corrected chi connectivity index (χ0v) is 19.1. The third-order valence-electron chi connectivity index (χ3n) is 3.21. The predicted molar refractivity (Wildman–Crippen MR) is 84.4 cm³/mol. The molecule has 2 nitrogen and oxygen atoms in total. The minimum absolute atomic E-state index is 0. The van der Waals surface area contributed by atoms with E-state index in [9.17, 15) is 0 Å². The number of halogens is 2. The van der Waals surface area contributed by atoms with E-state index in [1.165, 1.54) is 11.1 Å². The fourth-order valence-corrected chi connectivity index (χ4v) is 3.50. The molecular formula is C17H24Cl2O2SiZr. The van der Waals surface area contributed by atoms with Crippen molar-refractivity contribution in [1.29, 1.82) is 0 Å². The van der Waals surface area contributed by atoms with Gasteiger partial charge in [0.2, 0.25) is 0 Å². The third-order valence-corrected chi connectivity index (χ3v) is 4.25. The molecule has 0 aromatic carbocycles. The molecule has 126 valence electrons. The van der Waals surface area contributed by atoms with Crippen molar-refractivity contribution in [3.8, 4) is 0 Å². The third kappa shape index (κ3) is 9.00. The Bertz CT molecular complexity index is 438. The second-order valence-electron chi connectivity index (χ2n) is 6.16. The van der Waals surface area contributed by atoms with Gasteiger partial charge in [-0.3, -0.25) is 12.2 Å². The number of allylic oxidation sites excluding steroid dienone is 6. The minimum atomic E-state index is -1.55. The summed E-state index contributed by atoms with van der Waals surface area (Å²) in [6.45, 7) is 9.15. The van der Waals surface area contributed by atoms with Gasteiger partial charge in [0.15, 0.2) is 8.32 Å². The molecule has 0 bridgehead atoms. The van der Waals surface area contributed by atoms with Crippen molar-refractivity contribution in [2.24, 2.45) is 5.92 Å². The van der Waals surface area contributed by atoms with Crippen LogP contribution in [0.5, 0.6) is 0 Å². The Morgan fingerprint density at radius 2 is 1.52 bits per heavy atom. The molecule has 1 atom stereocenters. The van der Waals surface area contributed by atoms with E-state index in [4.69, 9.17) is 9.16 Å². The van der Waals surface area contributed by atoms with E-state index >= 15 is 0 Å². The van der Waals surface area contributed by atoms with Crippen LogP contribution in [0, 0.1) is 18.1 Å². The van der Waals surface area contributed by atoms with Crippen molar-refractivity contribution in [2.45, 2.75) is 45.7 Å². The van der Waals surface area contributed by atoms with Crippen LogP contribution in [0.15, 0.2) is 35.5 Å². The molecule has 0 N–H and O–H groups in total. The van der Waals surface area contributed by atoms with Gasteiger partial charge in [-0.15, -0.1) is 12.8 Å². The van der Waals surface area contributed by atoms with E-state index < -0.39 is 8.32 Å². The van der Waals surface area contributed by atoms with E-state index in [1.807, 2.05) is 6.92 Å². The zero-order valence-electron chi connectivity index (χ0n) is 14.2. The molecule has 0 radical (unpaired) electrons. The first-order valence-corrected chi connectivity index (χ1v) is 10.7. The van der Waals surface area contributed by atoms with Crippen LogP contribution < -0.4 is 24.8 Å². The van der Waals surface area contributed by atoms with Crippen LogP contribution in [-0.4, -0.2) is 21.2 Å². The van der Waals surface area contributed by atoms with E-state index in [-0.39, 0.29) is 63.2 Å². The molecule has 0 spiro atoms. The van der Waals surface area contributed by atoms with Gasteiger partial charge in [-0.25, -0.2) is 23.3 Å². The van der Waals surface area contributed by atoms with Crippen LogP contribution in [0.1, 0.15) is 19.8 Å². The van der Waals surface area contributed by atoms with Gasteiger partial charge >= 0.3 is 26.2 Å². The average molecular weight is 451 g/mol. The Labute approximate surface area is 173 Å². The van der Waals surface area contributed by atoms with Crippen LogP contribution in [0.25, 0.3) is 0 Å². The van der Waals surface area contributed by atoms with Gasteiger partial charge in [-0.05, 0) is 32.5 Å². The molecule has 2 rings (SSSR count). The van der Waals surface area contributed by atoms with Gasteiger partial charge in [0.05, 0.1) is 6.61 Å². The first-order chi connectivity index (χ1) is 9.46. The van der Waals surface area contributed by atoms with Crippen molar-refractivity contribution < 1.29 is 60.2 Å². The van der Waals surface area contributed by atoms with Crippen molar-refractivity contribution in [3.63, 3.8) is 0 Å². The van der Waals surface area contributed by atoms with Crippen molar-refractivity contribution >= 4 is 8.32 Å². The molecule has 23 heavy (non-hydrogen) atoms. The van der Waals surface area contributed by atoms with Gasteiger partial charge in [0.1, 0.15) is 6.29 Å². The Kier molecular flexibility index (Phi) is 13.5. The van der Waals surface area contributed by atoms with Gasteiger partial charge in [-0.2, -0.15) is 12.2 Å². The Morgan fingerprint density at radius 3 is 1.87 bits per heavy atom. The monoisotopic (exact) mass is 448 g/mol. The molecule has 6 heteroatoms. The fraction of sp³-hybridized carbons (Fsp3) is 0.529. The molecular weight excluding hydrogens is 426 g/mol. The molecule has 0 saturated heterocycles. The molecule has 1 unspecified atom stereocenters. The quantitative estimate of drug-likeness (QED) is 0.259. The summed E-state index contributed by atoms with van der Waals surface area (Å²) in [5.74, 6) is 0.236. The molecule has 0 heterocycles. The smallest absolute Gasteiger partial charge is 1.00 e. The standard InChI is InChI=1S/C17H24O2Si.2ClH.Zr/c1-14(19-20(2,3)4)18-13-17(15-9-5-6-10-15)16-11-7-8-12-16;;;/h5,7,9,11,14,17H,6,8,13H2,1-4H3;2*1H;/q-2;;;+4/p-2. The van der Waals surface area contributed by atoms with E-state index in [0.29, 0.717) is 6.61 Å². The summed E-state index contributed by atoms with van der Waals surface area (Å²) >= 11 is 0. The van der Waals surface area contributed by atoms with Gasteiger partial charge in [-0.1, -0.05) is 0 Å². The summed E-state index contributed by atoms with van der Waals surface area (Å²) in [5.41, 5.74) is 2.44. The van der Waals surface area contributed by atoms with Crippen molar-refractivity contribution in [3.05, 3.63) is 47.6 Å². The summed E-state index contributed by atoms with van der Waals surface area (Å²) in [5, 5.41) is 0. The minimum Gasteiger partial charge on any atom is -1.00 e. The summed E-state index contributed by atoms with van der Waals surface area (Å²) in [7, 11) is -1.55. The molecule has 0 fully saturated rings. The van der Waals surface area contributed by atoms with E-state index in [2.05, 4.69) is 56.1 Å². The summed E-state index contributed by atoms with van der Waals surface area (Å²) in [4.78, 5) is 0. The SMILES string of the molecule is CC(OCC(C1=[C-]CC=C1)C1=[C-]CC=C1)O[Si](C)(C)C.[Cl-].[Cl-].[Zr+4]. The van der Waals surface area contributed by atoms with E-state index in [1.54, 1.807) is 0 Å². The molecule has 2 aliphatic rings. The number of hydrogen-bond donors (Lipinski definition) is 0. The molecule has 0 aromatic rings. The van der Waals surface area contributed by atoms with Gasteiger partial charge in [0, 0.05) is 0 Å². The molecule has 0 amide bonds. The summed E-state index contributed by atoms with van der Waals surface area (Å²) in [6, 6.07) is 0. The second kappa shape index (κ2) is 12.0. The van der Waals surface area contributed by atoms with Gasteiger partial charge in [0.25, 0.3) is 0 Å². The zero-order chi connectivity index (χ0) is 14.6. The van der Waals surface area contributed by atoms with Gasteiger partial charge < -0.3 is 34.0 Å². The molecule has 2 aliphatic carbocycles. The van der Waals surface area contributed by atoms with Crippen LogP contribution >= 0.6 is 0 Å². The molecule has 0 aliphatic heterocycles. The number of hydrogen-bond acceptors (Lipinski definition) is 2. The first kappa shape index (κ1) is 25.8. The Hall–Kier alpha value is 0.560. The fourth-order valence-electron chi connectivity index (χ4n) is 2.43. The number of rotatable bonds is 7. The van der Waals surface area contributed by atoms with E-state index in [0.717, 1.165) is 12.8 Å². The predicted octanol–water partition coefficient (Wildman–Crippen LogP) is -1.80. The molecule has 0 aromatic heterocycles. The largest absolute Gasteiger partial charge is 4.00 e. The maximum atomic E-state index is 5.93. The van der Waals surface area contributed by atoms with Crippen molar-refractivity contribution in [2.75, 3.05) is 6.61 Å². The second-order valence-corrected chi connectivity index (χ2v) is 10.6. The van der Waals surface area contributed by atoms with Crippen LogP contribution in [0.2, 0.25) is 19.6 Å². The summed E-state index contributed by atoms with van der Waals surface area (Å²) < 4.78 is 11.9. The maximum absolute atomic E-state index is 5.93. The number of ether oxygens (including phenoxy) is 1. The van der Waals surface area contributed by atoms with Crippen LogP contribution in [0.4, 0.5) is 0 Å². The van der Waals surface area contributed by atoms with Crippen molar-refractivity contribution in [1.82, 2.24) is 0 Å². The topological polar surface area (TPSA) is 18.5 Å².